The van der Waals surface area contributed by atoms with Gasteiger partial charge in [-0.25, -0.2) is 8.42 Å². The van der Waals surface area contributed by atoms with Crippen molar-refractivity contribution in [3.63, 3.8) is 0 Å². The molecule has 0 fully saturated rings. The molecule has 0 saturated carbocycles. The third-order valence-corrected chi connectivity index (χ3v) is 8.76. The van der Waals surface area contributed by atoms with Crippen LogP contribution in [0.4, 0.5) is 18.9 Å². The standard InChI is InChI=1S/C26H23Cl3F3N3O4S/c1-16(25(37)33-2)34(14-17-8-10-22(28)23(29)12-17)24(36)15-35(40(38,39)19-6-4-3-5-7-19)18-9-11-21(27)20(13-18)26(30,31)32/h3-13,16H,14-15H2,1-2H3,(H,33,37). The second kappa shape index (κ2) is 12.7. The Morgan fingerprint density at radius 3 is 2.12 bits per heavy atom. The Balaban J connectivity index is 2.12. The van der Waals surface area contributed by atoms with E-state index in [-0.39, 0.29) is 21.5 Å². The maximum absolute atomic E-state index is 13.7. The third-order valence-electron chi connectivity index (χ3n) is 5.90. The van der Waals surface area contributed by atoms with Gasteiger partial charge in [-0.1, -0.05) is 59.1 Å². The summed E-state index contributed by atoms with van der Waals surface area (Å²) >= 11 is 17.8. The van der Waals surface area contributed by atoms with E-state index in [1.54, 1.807) is 12.1 Å². The lowest BCUT2D eigenvalue weighted by Gasteiger charge is -2.32. The molecule has 3 aromatic rings. The molecule has 1 N–H and O–H groups in total. The van der Waals surface area contributed by atoms with Gasteiger partial charge in [0.1, 0.15) is 12.6 Å². The number of nitrogens with zero attached hydrogens (tertiary/aromatic N) is 2. The van der Waals surface area contributed by atoms with Gasteiger partial charge in [0.25, 0.3) is 10.0 Å². The number of amides is 2. The molecular formula is C26H23Cl3F3N3O4S. The number of benzene rings is 3. The number of likely N-dealkylation sites (N-methyl/N-ethyl adjacent to an activating group) is 1. The first-order valence-electron chi connectivity index (χ1n) is 11.6. The second-order valence-electron chi connectivity index (χ2n) is 8.55. The number of nitrogens with one attached hydrogen (secondary N) is 1. The van der Waals surface area contributed by atoms with Gasteiger partial charge < -0.3 is 10.2 Å². The average Bonchev–Trinajstić information content (AvgIpc) is 2.91. The van der Waals surface area contributed by atoms with Crippen LogP contribution in [0.2, 0.25) is 15.1 Å². The summed E-state index contributed by atoms with van der Waals surface area (Å²) in [4.78, 5) is 27.0. The average molecular weight is 637 g/mol. The van der Waals surface area contributed by atoms with Crippen LogP contribution in [-0.2, 0) is 32.3 Å². The van der Waals surface area contributed by atoms with E-state index in [1.165, 1.54) is 50.4 Å². The van der Waals surface area contributed by atoms with Crippen LogP contribution in [0.3, 0.4) is 0 Å². The maximum atomic E-state index is 13.7. The molecule has 0 aliphatic heterocycles. The van der Waals surface area contributed by atoms with Crippen molar-refractivity contribution in [3.8, 4) is 0 Å². The monoisotopic (exact) mass is 635 g/mol. The molecule has 0 heterocycles. The van der Waals surface area contributed by atoms with E-state index in [1.807, 2.05) is 0 Å². The van der Waals surface area contributed by atoms with Crippen LogP contribution >= 0.6 is 34.8 Å². The van der Waals surface area contributed by atoms with E-state index in [0.717, 1.165) is 17.0 Å². The van der Waals surface area contributed by atoms with Gasteiger partial charge in [-0.3, -0.25) is 13.9 Å². The fourth-order valence-electron chi connectivity index (χ4n) is 3.76. The molecule has 1 unspecified atom stereocenters. The minimum Gasteiger partial charge on any atom is -0.357 e. The summed E-state index contributed by atoms with van der Waals surface area (Å²) in [7, 11) is -3.20. The molecule has 40 heavy (non-hydrogen) atoms. The van der Waals surface area contributed by atoms with Gasteiger partial charge >= 0.3 is 6.18 Å². The lowest BCUT2D eigenvalue weighted by molar-refractivity contribution is -0.139. The summed E-state index contributed by atoms with van der Waals surface area (Å²) in [5, 5.41) is 2.23. The number of halogens is 6. The predicted molar refractivity (Wildman–Crippen MR) is 148 cm³/mol. The smallest absolute Gasteiger partial charge is 0.357 e. The minimum atomic E-state index is -4.90. The van der Waals surface area contributed by atoms with Gasteiger partial charge in [0, 0.05) is 13.6 Å². The Hall–Kier alpha value is -2.99. The largest absolute Gasteiger partial charge is 0.417 e. The van der Waals surface area contributed by atoms with Gasteiger partial charge in [0.2, 0.25) is 11.8 Å². The Kier molecular flexibility index (Phi) is 9.99. The second-order valence-corrected chi connectivity index (χ2v) is 11.6. The molecule has 0 radical (unpaired) electrons. The summed E-state index contributed by atoms with van der Waals surface area (Å²) in [5.74, 6) is -1.43. The first kappa shape index (κ1) is 31.5. The van der Waals surface area contributed by atoms with Crippen molar-refractivity contribution in [3.05, 3.63) is 92.9 Å². The number of hydrogen-bond donors (Lipinski definition) is 1. The molecule has 0 spiro atoms. The maximum Gasteiger partial charge on any atom is 0.417 e. The zero-order chi connectivity index (χ0) is 29.8. The van der Waals surface area contributed by atoms with Gasteiger partial charge in [0.05, 0.1) is 31.2 Å². The topological polar surface area (TPSA) is 86.8 Å². The summed E-state index contributed by atoms with van der Waals surface area (Å²) in [6.07, 6.45) is -4.90. The highest BCUT2D eigenvalue weighted by atomic mass is 35.5. The van der Waals surface area contributed by atoms with Crippen LogP contribution in [0.25, 0.3) is 0 Å². The van der Waals surface area contributed by atoms with Gasteiger partial charge in [-0.2, -0.15) is 13.2 Å². The van der Waals surface area contributed by atoms with Crippen LogP contribution in [0.1, 0.15) is 18.1 Å². The first-order chi connectivity index (χ1) is 18.7. The highest BCUT2D eigenvalue weighted by Crippen LogP contribution is 2.38. The number of carbonyl (C=O) groups excluding carboxylic acids is 2. The molecule has 2 amide bonds. The summed E-state index contributed by atoms with van der Waals surface area (Å²) < 4.78 is 68.8. The first-order valence-corrected chi connectivity index (χ1v) is 14.1. The number of rotatable bonds is 9. The number of alkyl halides is 3. The van der Waals surface area contributed by atoms with Gasteiger partial charge in [0.15, 0.2) is 0 Å². The summed E-state index contributed by atoms with van der Waals surface area (Å²) in [6.45, 7) is 0.311. The van der Waals surface area contributed by atoms with Crippen molar-refractivity contribution in [2.45, 2.75) is 30.6 Å². The predicted octanol–water partition coefficient (Wildman–Crippen LogP) is 6.02. The summed E-state index contributed by atoms with van der Waals surface area (Å²) in [5.41, 5.74) is -1.25. The molecule has 0 bridgehead atoms. The van der Waals surface area contributed by atoms with E-state index in [0.29, 0.717) is 15.9 Å². The normalized spacial score (nSPS) is 12.5. The number of anilines is 1. The molecule has 3 aromatic carbocycles. The van der Waals surface area contributed by atoms with Gasteiger partial charge in [-0.15, -0.1) is 0 Å². The third kappa shape index (κ3) is 7.20. The van der Waals surface area contributed by atoms with E-state index in [4.69, 9.17) is 34.8 Å². The Bertz CT molecular complexity index is 1510. The Morgan fingerprint density at radius 2 is 1.55 bits per heavy atom. The van der Waals surface area contributed by atoms with E-state index in [9.17, 15) is 31.2 Å². The fourth-order valence-corrected chi connectivity index (χ4v) is 5.73. The Labute approximate surface area is 244 Å². The molecule has 0 saturated heterocycles. The number of sulfonamides is 1. The van der Waals surface area contributed by atoms with E-state index < -0.39 is 56.9 Å². The Morgan fingerprint density at radius 1 is 0.925 bits per heavy atom. The van der Waals surface area contributed by atoms with Gasteiger partial charge in [-0.05, 0) is 55.0 Å². The molecule has 7 nitrogen and oxygen atoms in total. The molecule has 1 atom stereocenters. The quantitative estimate of drug-likeness (QED) is 0.311. The minimum absolute atomic E-state index is 0.183. The molecule has 14 heteroatoms. The highest BCUT2D eigenvalue weighted by molar-refractivity contribution is 7.92. The van der Waals surface area contributed by atoms with Crippen LogP contribution in [0, 0.1) is 0 Å². The van der Waals surface area contributed by atoms with Crippen molar-refractivity contribution in [2.24, 2.45) is 0 Å². The molecule has 0 aromatic heterocycles. The van der Waals surface area contributed by atoms with Crippen molar-refractivity contribution in [1.82, 2.24) is 10.2 Å². The van der Waals surface area contributed by atoms with Crippen molar-refractivity contribution < 1.29 is 31.2 Å². The fraction of sp³-hybridized carbons (Fsp3) is 0.231. The van der Waals surface area contributed by atoms with Crippen LogP contribution in [0.5, 0.6) is 0 Å². The molecule has 0 aliphatic carbocycles. The molecule has 3 rings (SSSR count). The zero-order valence-electron chi connectivity index (χ0n) is 21.0. The van der Waals surface area contributed by atoms with Crippen molar-refractivity contribution in [1.29, 1.82) is 0 Å². The number of hydrogen-bond acceptors (Lipinski definition) is 4. The highest BCUT2D eigenvalue weighted by Gasteiger charge is 2.36. The zero-order valence-corrected chi connectivity index (χ0v) is 24.1. The van der Waals surface area contributed by atoms with Crippen LogP contribution in [-0.4, -0.2) is 44.8 Å². The summed E-state index contributed by atoms with van der Waals surface area (Å²) in [6, 6.07) is 12.9. The molecular weight excluding hydrogens is 614 g/mol. The lowest BCUT2D eigenvalue weighted by Crippen LogP contribution is -2.50. The SMILES string of the molecule is CNC(=O)C(C)N(Cc1ccc(Cl)c(Cl)c1)C(=O)CN(c1ccc(Cl)c(C(F)(F)F)c1)S(=O)(=O)c1ccccc1. The van der Waals surface area contributed by atoms with Crippen molar-refractivity contribution in [2.75, 3.05) is 17.9 Å². The molecule has 214 valence electrons. The van der Waals surface area contributed by atoms with E-state index >= 15 is 0 Å². The van der Waals surface area contributed by atoms with Crippen molar-refractivity contribution >= 4 is 62.3 Å². The lowest BCUT2D eigenvalue weighted by atomic mass is 10.1. The molecule has 0 aliphatic rings. The van der Waals surface area contributed by atoms with Crippen LogP contribution < -0.4 is 9.62 Å². The number of carbonyl (C=O) groups is 2. The van der Waals surface area contributed by atoms with E-state index in [2.05, 4.69) is 5.32 Å². The van der Waals surface area contributed by atoms with Crippen LogP contribution in [0.15, 0.2) is 71.6 Å².